The number of aliphatic imine (C=N–C) groups is 1. The molecule has 0 unspecified atom stereocenters. The number of hydrogen-bond acceptors (Lipinski definition) is 4. The minimum absolute atomic E-state index is 0.0775. The largest absolute Gasteiger partial charge is 0.452 e. The van der Waals surface area contributed by atoms with E-state index >= 15 is 4.39 Å². The van der Waals surface area contributed by atoms with Crippen molar-refractivity contribution < 1.29 is 40.7 Å². The maximum Gasteiger partial charge on any atom is 0.425 e. The molecule has 2 heterocycles. The van der Waals surface area contributed by atoms with Crippen molar-refractivity contribution in [1.82, 2.24) is 10.2 Å². The second-order valence-corrected chi connectivity index (χ2v) is 9.65. The third-order valence-electron chi connectivity index (χ3n) is 6.79. The number of amidine groups is 1. The molecule has 1 saturated heterocycles. The molecule has 210 valence electrons. The first-order chi connectivity index (χ1) is 18.4. The molecule has 0 radical (unpaired) electrons. The van der Waals surface area contributed by atoms with Gasteiger partial charge >= 0.3 is 12.2 Å². The predicted molar refractivity (Wildman–Crippen MR) is 130 cm³/mol. The van der Waals surface area contributed by atoms with Gasteiger partial charge in [-0.15, -0.1) is 0 Å². The summed E-state index contributed by atoms with van der Waals surface area (Å²) in [7, 11) is 0. The summed E-state index contributed by atoms with van der Waals surface area (Å²) < 4.78 is 87.1. The van der Waals surface area contributed by atoms with Crippen molar-refractivity contribution in [3.63, 3.8) is 0 Å². The molecular weight excluding hydrogens is 530 g/mol. The van der Waals surface area contributed by atoms with Crippen molar-refractivity contribution >= 4 is 23.6 Å². The standard InChI is InChI=1S/C26H26F6N4O3/c1-25(14-20(26(30,31)32)39-23(35-25)34-22(37)16-5-3-2-4-6-16)18-13-17(7-8-19(18)27)33-24(38)36-11-9-15(10-12-36)21(28)29/h2-8,13,15,20-21H,9-12,14H2,1H3,(H,33,38)(H,34,35,37)/t20-,25-/m0/s1. The van der Waals surface area contributed by atoms with E-state index in [0.717, 1.165) is 12.1 Å². The van der Waals surface area contributed by atoms with Crippen LogP contribution in [0.5, 0.6) is 0 Å². The number of urea groups is 1. The maximum atomic E-state index is 15.0. The number of nitrogens with zero attached hydrogens (tertiary/aromatic N) is 2. The average Bonchev–Trinajstić information content (AvgIpc) is 2.89. The Morgan fingerprint density at radius 3 is 2.36 bits per heavy atom. The van der Waals surface area contributed by atoms with Gasteiger partial charge in [0, 0.05) is 42.2 Å². The molecule has 4 rings (SSSR count). The zero-order valence-corrected chi connectivity index (χ0v) is 20.8. The number of piperidine rings is 1. The lowest BCUT2D eigenvalue weighted by Crippen LogP contribution is -2.48. The van der Waals surface area contributed by atoms with Crippen LogP contribution in [-0.2, 0) is 10.3 Å². The van der Waals surface area contributed by atoms with Crippen LogP contribution in [0.1, 0.15) is 42.1 Å². The molecule has 2 N–H and O–H groups in total. The number of rotatable bonds is 4. The molecule has 0 aromatic heterocycles. The average molecular weight is 557 g/mol. The van der Waals surface area contributed by atoms with E-state index in [-0.39, 0.29) is 42.7 Å². The summed E-state index contributed by atoms with van der Waals surface area (Å²) >= 11 is 0. The fourth-order valence-electron chi connectivity index (χ4n) is 4.58. The van der Waals surface area contributed by atoms with Gasteiger partial charge in [-0.05, 0) is 50.1 Å². The van der Waals surface area contributed by atoms with E-state index in [4.69, 9.17) is 4.74 Å². The van der Waals surface area contributed by atoms with Crippen LogP contribution in [0.4, 0.5) is 36.8 Å². The molecule has 0 aliphatic carbocycles. The van der Waals surface area contributed by atoms with Gasteiger partial charge in [-0.3, -0.25) is 10.1 Å². The van der Waals surface area contributed by atoms with Gasteiger partial charge in [0.05, 0.1) is 5.54 Å². The van der Waals surface area contributed by atoms with E-state index in [2.05, 4.69) is 15.6 Å². The molecule has 1 fully saturated rings. The van der Waals surface area contributed by atoms with Crippen LogP contribution < -0.4 is 10.6 Å². The molecule has 7 nitrogen and oxygen atoms in total. The van der Waals surface area contributed by atoms with E-state index in [1.165, 1.54) is 30.0 Å². The highest BCUT2D eigenvalue weighted by Crippen LogP contribution is 2.41. The number of carbonyl (C=O) groups is 2. The van der Waals surface area contributed by atoms with Crippen LogP contribution in [-0.4, -0.2) is 54.7 Å². The molecule has 3 amide bonds. The van der Waals surface area contributed by atoms with E-state index in [1.807, 2.05) is 0 Å². The Balaban J connectivity index is 1.58. The monoisotopic (exact) mass is 556 g/mol. The number of halogens is 6. The zero-order chi connectivity index (χ0) is 28.4. The van der Waals surface area contributed by atoms with Gasteiger partial charge in [-0.1, -0.05) is 18.2 Å². The Hall–Kier alpha value is -3.77. The molecular formula is C26H26F6N4O3. The van der Waals surface area contributed by atoms with Gasteiger partial charge in [-0.25, -0.2) is 23.0 Å². The van der Waals surface area contributed by atoms with Crippen molar-refractivity contribution in [1.29, 1.82) is 0 Å². The van der Waals surface area contributed by atoms with Gasteiger partial charge < -0.3 is 15.0 Å². The molecule has 13 heteroatoms. The molecule has 0 bridgehead atoms. The van der Waals surface area contributed by atoms with Gasteiger partial charge in [-0.2, -0.15) is 13.2 Å². The van der Waals surface area contributed by atoms with Crippen molar-refractivity contribution in [2.24, 2.45) is 10.9 Å². The quantitative estimate of drug-likeness (QED) is 0.475. The number of amides is 3. The number of carbonyl (C=O) groups excluding carboxylic acids is 2. The van der Waals surface area contributed by atoms with E-state index in [0.29, 0.717) is 0 Å². The molecule has 2 aromatic rings. The maximum absolute atomic E-state index is 15.0. The Morgan fingerprint density at radius 2 is 1.74 bits per heavy atom. The van der Waals surface area contributed by atoms with Gasteiger partial charge in [0.1, 0.15) is 5.82 Å². The Bertz CT molecular complexity index is 1230. The summed E-state index contributed by atoms with van der Waals surface area (Å²) in [6, 6.07) is 9.72. The second kappa shape index (κ2) is 11.1. The smallest absolute Gasteiger partial charge is 0.425 e. The first kappa shape index (κ1) is 28.2. The summed E-state index contributed by atoms with van der Waals surface area (Å²) in [4.78, 5) is 30.7. The molecule has 2 aliphatic heterocycles. The van der Waals surface area contributed by atoms with Crippen molar-refractivity contribution in [2.45, 2.75) is 50.4 Å². The minimum atomic E-state index is -4.85. The van der Waals surface area contributed by atoms with Crippen LogP contribution in [0.2, 0.25) is 0 Å². The summed E-state index contributed by atoms with van der Waals surface area (Å²) in [5.74, 6) is -2.44. The Labute approximate surface area is 220 Å². The van der Waals surface area contributed by atoms with Crippen LogP contribution >= 0.6 is 0 Å². The number of alkyl halides is 5. The number of ether oxygens (including phenoxy) is 1. The van der Waals surface area contributed by atoms with Gasteiger partial charge in [0.25, 0.3) is 11.9 Å². The van der Waals surface area contributed by atoms with Gasteiger partial charge in [0.2, 0.25) is 6.43 Å². The lowest BCUT2D eigenvalue weighted by atomic mass is 9.85. The summed E-state index contributed by atoms with van der Waals surface area (Å²) in [6.07, 6.45) is -10.3. The molecule has 2 aromatic carbocycles. The third kappa shape index (κ3) is 6.63. The van der Waals surface area contributed by atoms with E-state index in [1.54, 1.807) is 18.2 Å². The van der Waals surface area contributed by atoms with Crippen LogP contribution in [0.15, 0.2) is 53.5 Å². The highest BCUT2D eigenvalue weighted by atomic mass is 19.4. The topological polar surface area (TPSA) is 83.0 Å². The number of nitrogens with one attached hydrogen (secondary N) is 2. The first-order valence-electron chi connectivity index (χ1n) is 12.2. The van der Waals surface area contributed by atoms with Crippen molar-refractivity contribution in [2.75, 3.05) is 18.4 Å². The lowest BCUT2D eigenvalue weighted by Gasteiger charge is -2.37. The number of benzene rings is 2. The highest BCUT2D eigenvalue weighted by molar-refractivity contribution is 6.04. The minimum Gasteiger partial charge on any atom is -0.452 e. The van der Waals surface area contributed by atoms with Crippen LogP contribution in [0, 0.1) is 11.7 Å². The SMILES string of the molecule is C[C@@]1(c2cc(NC(=O)N3CCC(C(F)F)CC3)ccc2F)C[C@@H](C(F)(F)F)OC(NC(=O)c2ccccc2)=N1. The van der Waals surface area contributed by atoms with Crippen LogP contribution in [0.25, 0.3) is 0 Å². The van der Waals surface area contributed by atoms with E-state index < -0.39 is 60.4 Å². The molecule has 0 saturated carbocycles. The van der Waals surface area contributed by atoms with Crippen molar-refractivity contribution in [3.8, 4) is 0 Å². The molecule has 2 aliphatic rings. The number of anilines is 1. The molecule has 39 heavy (non-hydrogen) atoms. The Morgan fingerprint density at radius 1 is 1.08 bits per heavy atom. The fourth-order valence-corrected chi connectivity index (χ4v) is 4.58. The second-order valence-electron chi connectivity index (χ2n) is 9.65. The molecule has 0 spiro atoms. The summed E-state index contributed by atoms with van der Waals surface area (Å²) in [5.41, 5.74) is -1.87. The van der Waals surface area contributed by atoms with Crippen molar-refractivity contribution in [3.05, 3.63) is 65.5 Å². The predicted octanol–water partition coefficient (Wildman–Crippen LogP) is 5.69. The fraction of sp³-hybridized carbons (Fsp3) is 0.423. The lowest BCUT2D eigenvalue weighted by molar-refractivity contribution is -0.208. The van der Waals surface area contributed by atoms with Gasteiger partial charge in [0.15, 0.2) is 6.10 Å². The number of hydrogen-bond donors (Lipinski definition) is 2. The van der Waals surface area contributed by atoms with E-state index in [9.17, 15) is 31.5 Å². The summed E-state index contributed by atoms with van der Waals surface area (Å²) in [5, 5.41) is 4.77. The highest BCUT2D eigenvalue weighted by Gasteiger charge is 2.50. The molecule has 2 atom stereocenters. The normalized spacial score (nSPS) is 22.2. The van der Waals surface area contributed by atoms with Crippen LogP contribution in [0.3, 0.4) is 0 Å². The third-order valence-corrected chi connectivity index (χ3v) is 6.79. The zero-order valence-electron chi connectivity index (χ0n) is 20.8. The summed E-state index contributed by atoms with van der Waals surface area (Å²) in [6.45, 7) is 1.47. The number of likely N-dealkylation sites (tertiary alicyclic amines) is 1. The first-order valence-corrected chi connectivity index (χ1v) is 12.2. The Kier molecular flexibility index (Phi) is 8.07.